The summed E-state index contributed by atoms with van der Waals surface area (Å²) in [5.74, 6) is 1.09. The standard InChI is InChI=1S/C17H16N6O2S2/c1-9(15(24)18-16-21-19-10(2)27-16)26-17-22-20-14(23(17)3)13-8-11-6-4-5-7-12(11)25-13/h4-9H,1-3H3,(H,18,21,24)/t9-/m0/s1. The Kier molecular flexibility index (Phi) is 4.66. The highest BCUT2D eigenvalue weighted by atomic mass is 32.2. The molecule has 0 radical (unpaired) electrons. The lowest BCUT2D eigenvalue weighted by atomic mass is 10.2. The Bertz CT molecular complexity index is 1080. The van der Waals surface area contributed by atoms with Gasteiger partial charge in [-0.2, -0.15) is 0 Å². The SMILES string of the molecule is Cc1nnc(NC(=O)[C@H](C)Sc2nnc(-c3cc4ccccc4o3)n2C)s1. The molecule has 4 aromatic rings. The first kappa shape index (κ1) is 17.7. The second kappa shape index (κ2) is 7.12. The zero-order chi connectivity index (χ0) is 19.0. The molecule has 8 nitrogen and oxygen atoms in total. The van der Waals surface area contributed by atoms with Crippen LogP contribution in [0.4, 0.5) is 5.13 Å². The van der Waals surface area contributed by atoms with E-state index in [9.17, 15) is 4.79 Å². The molecule has 1 atom stereocenters. The number of hydrogen-bond donors (Lipinski definition) is 1. The van der Waals surface area contributed by atoms with E-state index in [-0.39, 0.29) is 11.2 Å². The molecule has 0 saturated heterocycles. The predicted octanol–water partition coefficient (Wildman–Crippen LogP) is 3.51. The maximum Gasteiger partial charge on any atom is 0.239 e. The Morgan fingerprint density at radius 2 is 2.07 bits per heavy atom. The van der Waals surface area contributed by atoms with Gasteiger partial charge in [0.15, 0.2) is 16.7 Å². The topological polar surface area (TPSA) is 98.7 Å². The summed E-state index contributed by atoms with van der Waals surface area (Å²) in [5, 5.41) is 21.6. The Labute approximate surface area is 163 Å². The molecule has 3 aromatic heterocycles. The Balaban J connectivity index is 1.50. The van der Waals surface area contributed by atoms with Crippen LogP contribution in [0.1, 0.15) is 11.9 Å². The molecule has 0 spiro atoms. The summed E-state index contributed by atoms with van der Waals surface area (Å²) in [7, 11) is 1.85. The minimum atomic E-state index is -0.374. The molecule has 4 rings (SSSR count). The highest BCUT2D eigenvalue weighted by molar-refractivity contribution is 8.00. The predicted molar refractivity (Wildman–Crippen MR) is 105 cm³/mol. The molecule has 138 valence electrons. The molecule has 0 bridgehead atoms. The van der Waals surface area contributed by atoms with Crippen molar-refractivity contribution < 1.29 is 9.21 Å². The number of carbonyl (C=O) groups excluding carboxylic acids is 1. The summed E-state index contributed by atoms with van der Waals surface area (Å²) in [6.07, 6.45) is 0. The van der Waals surface area contributed by atoms with Gasteiger partial charge < -0.3 is 8.98 Å². The minimum absolute atomic E-state index is 0.163. The van der Waals surface area contributed by atoms with E-state index in [1.807, 2.05) is 55.8 Å². The van der Waals surface area contributed by atoms with E-state index >= 15 is 0 Å². The van der Waals surface area contributed by atoms with Crippen molar-refractivity contribution in [2.45, 2.75) is 24.3 Å². The molecule has 1 aromatic carbocycles. The van der Waals surface area contributed by atoms with Crippen LogP contribution in [0.25, 0.3) is 22.6 Å². The van der Waals surface area contributed by atoms with Crippen LogP contribution < -0.4 is 5.32 Å². The van der Waals surface area contributed by atoms with Gasteiger partial charge in [0.1, 0.15) is 10.6 Å². The van der Waals surface area contributed by atoms with E-state index in [1.165, 1.54) is 23.1 Å². The first-order valence-electron chi connectivity index (χ1n) is 8.17. The monoisotopic (exact) mass is 400 g/mol. The molecule has 0 saturated carbocycles. The lowest BCUT2D eigenvalue weighted by Gasteiger charge is -2.09. The van der Waals surface area contributed by atoms with Crippen LogP contribution in [-0.2, 0) is 11.8 Å². The van der Waals surface area contributed by atoms with Crippen LogP contribution in [-0.4, -0.2) is 36.1 Å². The van der Waals surface area contributed by atoms with E-state index in [0.717, 1.165) is 16.0 Å². The van der Waals surface area contributed by atoms with E-state index in [1.54, 1.807) is 0 Å². The number of thioether (sulfide) groups is 1. The van der Waals surface area contributed by atoms with Gasteiger partial charge in [-0.25, -0.2) is 0 Å². The number of amides is 1. The normalized spacial score (nSPS) is 12.4. The van der Waals surface area contributed by atoms with Crippen molar-refractivity contribution in [1.82, 2.24) is 25.0 Å². The number of hydrogen-bond acceptors (Lipinski definition) is 8. The first-order valence-corrected chi connectivity index (χ1v) is 9.87. The van der Waals surface area contributed by atoms with Crippen LogP contribution in [0.5, 0.6) is 0 Å². The number of carbonyl (C=O) groups is 1. The summed E-state index contributed by atoms with van der Waals surface area (Å²) in [4.78, 5) is 12.4. The molecule has 27 heavy (non-hydrogen) atoms. The van der Waals surface area contributed by atoms with Gasteiger partial charge in [0.05, 0.1) is 5.25 Å². The van der Waals surface area contributed by atoms with Gasteiger partial charge in [0.2, 0.25) is 11.0 Å². The second-order valence-electron chi connectivity index (χ2n) is 5.89. The lowest BCUT2D eigenvalue weighted by molar-refractivity contribution is -0.115. The molecule has 3 heterocycles. The van der Waals surface area contributed by atoms with Crippen molar-refractivity contribution in [1.29, 1.82) is 0 Å². The third-order valence-electron chi connectivity index (χ3n) is 3.89. The van der Waals surface area contributed by atoms with E-state index < -0.39 is 0 Å². The highest BCUT2D eigenvalue weighted by Crippen LogP contribution is 2.30. The summed E-state index contributed by atoms with van der Waals surface area (Å²) >= 11 is 2.66. The Hall–Kier alpha value is -2.72. The van der Waals surface area contributed by atoms with Crippen LogP contribution in [0, 0.1) is 6.92 Å². The molecule has 0 aliphatic heterocycles. The number of nitrogens with one attached hydrogen (secondary N) is 1. The number of fused-ring (bicyclic) bond motifs is 1. The van der Waals surface area contributed by atoms with Crippen molar-refractivity contribution in [3.63, 3.8) is 0 Å². The van der Waals surface area contributed by atoms with Crippen molar-refractivity contribution in [3.05, 3.63) is 35.3 Å². The molecule has 0 aliphatic carbocycles. The quantitative estimate of drug-likeness (QED) is 0.512. The molecule has 0 fully saturated rings. The fraction of sp³-hybridized carbons (Fsp3) is 0.235. The van der Waals surface area contributed by atoms with E-state index in [2.05, 4.69) is 25.7 Å². The molecular weight excluding hydrogens is 384 g/mol. The van der Waals surface area contributed by atoms with Gasteiger partial charge >= 0.3 is 0 Å². The third-order valence-corrected chi connectivity index (χ3v) is 5.78. The van der Waals surface area contributed by atoms with Crippen LogP contribution in [0.15, 0.2) is 39.9 Å². The number of rotatable bonds is 5. The molecule has 1 amide bonds. The number of aromatic nitrogens is 5. The lowest BCUT2D eigenvalue weighted by Crippen LogP contribution is -2.22. The molecule has 0 aliphatic rings. The van der Waals surface area contributed by atoms with Crippen LogP contribution in [0.3, 0.4) is 0 Å². The molecule has 0 unspecified atom stereocenters. The summed E-state index contributed by atoms with van der Waals surface area (Å²) < 4.78 is 7.68. The van der Waals surface area contributed by atoms with Gasteiger partial charge in [-0.05, 0) is 26.0 Å². The van der Waals surface area contributed by atoms with Crippen molar-refractivity contribution >= 4 is 45.1 Å². The van der Waals surface area contributed by atoms with Crippen molar-refractivity contribution in [3.8, 4) is 11.6 Å². The smallest absolute Gasteiger partial charge is 0.239 e. The highest BCUT2D eigenvalue weighted by Gasteiger charge is 2.21. The van der Waals surface area contributed by atoms with E-state index in [4.69, 9.17) is 4.42 Å². The molecule has 1 N–H and O–H groups in total. The second-order valence-corrected chi connectivity index (χ2v) is 8.38. The average molecular weight is 400 g/mol. The largest absolute Gasteiger partial charge is 0.453 e. The number of para-hydroxylation sites is 1. The zero-order valence-corrected chi connectivity index (χ0v) is 16.5. The fourth-order valence-corrected chi connectivity index (χ4v) is 3.90. The Morgan fingerprint density at radius 3 is 2.81 bits per heavy atom. The van der Waals surface area contributed by atoms with Crippen LogP contribution >= 0.6 is 23.1 Å². The number of anilines is 1. The number of benzene rings is 1. The summed E-state index contributed by atoms with van der Waals surface area (Å²) in [6, 6.07) is 9.71. The van der Waals surface area contributed by atoms with Gasteiger partial charge in [-0.1, -0.05) is 41.3 Å². The number of furan rings is 1. The van der Waals surface area contributed by atoms with Gasteiger partial charge in [0.25, 0.3) is 0 Å². The van der Waals surface area contributed by atoms with Gasteiger partial charge in [-0.15, -0.1) is 20.4 Å². The van der Waals surface area contributed by atoms with Crippen molar-refractivity contribution in [2.24, 2.45) is 7.05 Å². The number of aryl methyl sites for hydroxylation is 1. The summed E-state index contributed by atoms with van der Waals surface area (Å²) in [5.41, 5.74) is 0.796. The molecular formula is C17H16N6O2S2. The fourth-order valence-electron chi connectivity index (χ4n) is 2.49. The van der Waals surface area contributed by atoms with Crippen LogP contribution in [0.2, 0.25) is 0 Å². The molecule has 10 heteroatoms. The zero-order valence-electron chi connectivity index (χ0n) is 14.8. The maximum atomic E-state index is 12.4. The minimum Gasteiger partial charge on any atom is -0.453 e. The van der Waals surface area contributed by atoms with Gasteiger partial charge in [-0.3, -0.25) is 10.1 Å². The van der Waals surface area contributed by atoms with Crippen molar-refractivity contribution in [2.75, 3.05) is 5.32 Å². The third kappa shape index (κ3) is 3.58. The maximum absolute atomic E-state index is 12.4. The average Bonchev–Trinajstić information content (AvgIpc) is 3.34. The summed E-state index contributed by atoms with van der Waals surface area (Å²) in [6.45, 7) is 3.65. The van der Waals surface area contributed by atoms with Gasteiger partial charge in [0, 0.05) is 12.4 Å². The van der Waals surface area contributed by atoms with E-state index in [0.29, 0.717) is 21.9 Å². The first-order chi connectivity index (χ1) is 13.0. The number of nitrogens with zero attached hydrogens (tertiary/aromatic N) is 5. The Morgan fingerprint density at radius 1 is 1.26 bits per heavy atom.